The van der Waals surface area contributed by atoms with Crippen LogP contribution in [0.2, 0.25) is 5.15 Å². The number of nitrogen functional groups attached to an aromatic ring is 1. The topological polar surface area (TPSA) is 63.8 Å². The minimum Gasteiger partial charge on any atom is -0.368 e. The van der Waals surface area contributed by atoms with Crippen LogP contribution in [0, 0.1) is 11.6 Å². The largest absolute Gasteiger partial charge is 0.368 e. The van der Waals surface area contributed by atoms with E-state index >= 15 is 0 Å². The molecule has 17 heavy (non-hydrogen) atoms. The van der Waals surface area contributed by atoms with E-state index in [1.165, 1.54) is 12.1 Å². The molecule has 1 aromatic carbocycles. The number of rotatable bonds is 2. The Morgan fingerprint density at radius 3 is 2.53 bits per heavy atom. The van der Waals surface area contributed by atoms with E-state index < -0.39 is 11.6 Å². The summed E-state index contributed by atoms with van der Waals surface area (Å²) in [6, 6.07) is 4.79. The Kier molecular flexibility index (Phi) is 3.06. The van der Waals surface area contributed by atoms with Crippen LogP contribution in [0.1, 0.15) is 0 Å². The highest BCUT2D eigenvalue weighted by molar-refractivity contribution is 6.29. The second-order valence-electron chi connectivity index (χ2n) is 3.19. The van der Waals surface area contributed by atoms with Crippen molar-refractivity contribution in [1.82, 2.24) is 9.97 Å². The van der Waals surface area contributed by atoms with E-state index in [2.05, 4.69) is 15.3 Å². The third-order valence-corrected chi connectivity index (χ3v) is 2.10. The van der Waals surface area contributed by atoms with Crippen molar-refractivity contribution in [2.45, 2.75) is 0 Å². The Balaban J connectivity index is 2.28. The van der Waals surface area contributed by atoms with Crippen molar-refractivity contribution in [3.63, 3.8) is 0 Å². The number of hydrogen-bond donors (Lipinski definition) is 2. The number of nitrogens with zero attached hydrogens (tertiary/aromatic N) is 2. The van der Waals surface area contributed by atoms with E-state index in [9.17, 15) is 8.78 Å². The van der Waals surface area contributed by atoms with Crippen molar-refractivity contribution in [3.8, 4) is 0 Å². The Morgan fingerprint density at radius 1 is 1.12 bits per heavy atom. The maximum Gasteiger partial charge on any atom is 0.223 e. The van der Waals surface area contributed by atoms with Crippen LogP contribution >= 0.6 is 11.6 Å². The van der Waals surface area contributed by atoms with Crippen molar-refractivity contribution in [1.29, 1.82) is 0 Å². The van der Waals surface area contributed by atoms with Gasteiger partial charge in [0.2, 0.25) is 5.95 Å². The molecule has 0 atom stereocenters. The molecule has 0 aliphatic carbocycles. The van der Waals surface area contributed by atoms with Gasteiger partial charge in [0.15, 0.2) is 11.6 Å². The molecule has 0 aliphatic rings. The first-order chi connectivity index (χ1) is 8.04. The van der Waals surface area contributed by atoms with Gasteiger partial charge >= 0.3 is 0 Å². The molecule has 0 saturated heterocycles. The van der Waals surface area contributed by atoms with Gasteiger partial charge in [0, 0.05) is 17.8 Å². The summed E-state index contributed by atoms with van der Waals surface area (Å²) in [7, 11) is 0. The highest BCUT2D eigenvalue weighted by Crippen LogP contribution is 2.19. The third kappa shape index (κ3) is 2.79. The zero-order valence-electron chi connectivity index (χ0n) is 8.42. The first kappa shape index (κ1) is 11.5. The van der Waals surface area contributed by atoms with Gasteiger partial charge in [-0.1, -0.05) is 11.6 Å². The van der Waals surface area contributed by atoms with Gasteiger partial charge in [-0.2, -0.15) is 4.98 Å². The Morgan fingerprint density at radius 2 is 1.88 bits per heavy atom. The lowest BCUT2D eigenvalue weighted by atomic mass is 10.3. The van der Waals surface area contributed by atoms with Gasteiger partial charge in [-0.25, -0.2) is 13.8 Å². The molecule has 0 saturated carbocycles. The highest BCUT2D eigenvalue weighted by Gasteiger charge is 2.04. The number of anilines is 3. The first-order valence-electron chi connectivity index (χ1n) is 4.57. The predicted molar refractivity (Wildman–Crippen MR) is 61.1 cm³/mol. The Hall–Kier alpha value is -1.95. The van der Waals surface area contributed by atoms with E-state index in [-0.39, 0.29) is 11.1 Å². The summed E-state index contributed by atoms with van der Waals surface area (Å²) >= 11 is 5.67. The van der Waals surface area contributed by atoms with Crippen molar-refractivity contribution in [2.24, 2.45) is 0 Å². The number of halogens is 3. The fourth-order valence-electron chi connectivity index (χ4n) is 1.22. The molecule has 0 fully saturated rings. The molecule has 2 rings (SSSR count). The minimum atomic E-state index is -0.955. The van der Waals surface area contributed by atoms with Crippen LogP contribution in [-0.2, 0) is 0 Å². The molecule has 88 valence electrons. The molecular formula is C10H7ClF2N4. The second-order valence-corrected chi connectivity index (χ2v) is 3.58. The summed E-state index contributed by atoms with van der Waals surface area (Å²) in [5.41, 5.74) is 5.72. The van der Waals surface area contributed by atoms with Gasteiger partial charge in [-0.15, -0.1) is 0 Å². The molecule has 0 spiro atoms. The Labute approximate surface area is 100 Å². The van der Waals surface area contributed by atoms with Crippen LogP contribution in [0.5, 0.6) is 0 Å². The van der Waals surface area contributed by atoms with Gasteiger partial charge in [-0.05, 0) is 12.1 Å². The minimum absolute atomic E-state index is 0.0115. The fourth-order valence-corrected chi connectivity index (χ4v) is 1.41. The van der Waals surface area contributed by atoms with Crippen molar-refractivity contribution < 1.29 is 8.78 Å². The maximum absolute atomic E-state index is 12.9. The predicted octanol–water partition coefficient (Wildman–Crippen LogP) is 2.73. The van der Waals surface area contributed by atoms with E-state index in [4.69, 9.17) is 17.3 Å². The van der Waals surface area contributed by atoms with Gasteiger partial charge < -0.3 is 11.1 Å². The van der Waals surface area contributed by atoms with Crippen LogP contribution in [-0.4, -0.2) is 9.97 Å². The van der Waals surface area contributed by atoms with Gasteiger partial charge in [-0.3, -0.25) is 0 Å². The molecular weight excluding hydrogens is 250 g/mol. The summed E-state index contributed by atoms with van der Waals surface area (Å²) in [6.45, 7) is 0. The molecule has 2 aromatic rings. The molecule has 4 nitrogen and oxygen atoms in total. The monoisotopic (exact) mass is 256 g/mol. The summed E-state index contributed by atoms with van der Waals surface area (Å²) in [6.07, 6.45) is 0. The molecule has 7 heteroatoms. The zero-order valence-corrected chi connectivity index (χ0v) is 9.17. The van der Waals surface area contributed by atoms with Crippen LogP contribution < -0.4 is 11.1 Å². The Bertz CT molecular complexity index is 542. The fraction of sp³-hybridized carbons (Fsp3) is 0. The quantitative estimate of drug-likeness (QED) is 0.811. The van der Waals surface area contributed by atoms with E-state index in [0.29, 0.717) is 11.5 Å². The van der Waals surface area contributed by atoms with E-state index in [0.717, 1.165) is 12.1 Å². The number of aromatic nitrogens is 2. The van der Waals surface area contributed by atoms with Gasteiger partial charge in [0.05, 0.1) is 0 Å². The van der Waals surface area contributed by atoms with Crippen LogP contribution in [0.3, 0.4) is 0 Å². The first-order valence-corrected chi connectivity index (χ1v) is 4.94. The summed E-state index contributed by atoms with van der Waals surface area (Å²) in [4.78, 5) is 7.50. The molecule has 0 radical (unpaired) electrons. The average molecular weight is 257 g/mol. The lowest BCUT2D eigenvalue weighted by molar-refractivity contribution is 0.509. The van der Waals surface area contributed by atoms with E-state index in [1.54, 1.807) is 0 Å². The lowest BCUT2D eigenvalue weighted by Gasteiger charge is -2.06. The highest BCUT2D eigenvalue weighted by atomic mass is 35.5. The molecule has 1 aromatic heterocycles. The molecule has 0 aliphatic heterocycles. The summed E-state index contributed by atoms with van der Waals surface area (Å²) in [5, 5.41) is 2.89. The standard InChI is InChI=1S/C10H7ClF2N4/c11-8-4-9(17-10(14)16-8)15-5-1-2-6(12)7(13)3-5/h1-4H,(H3,14,15,16,17). The average Bonchev–Trinajstić information content (AvgIpc) is 2.22. The van der Waals surface area contributed by atoms with Crippen molar-refractivity contribution in [2.75, 3.05) is 11.1 Å². The summed E-state index contributed by atoms with van der Waals surface area (Å²) < 4.78 is 25.6. The normalized spacial score (nSPS) is 10.3. The molecule has 0 bridgehead atoms. The van der Waals surface area contributed by atoms with Crippen LogP contribution in [0.25, 0.3) is 0 Å². The number of nitrogens with one attached hydrogen (secondary N) is 1. The summed E-state index contributed by atoms with van der Waals surface area (Å²) in [5.74, 6) is -1.59. The lowest BCUT2D eigenvalue weighted by Crippen LogP contribution is -2.00. The molecule has 0 unspecified atom stereocenters. The van der Waals surface area contributed by atoms with E-state index in [1.807, 2.05) is 0 Å². The number of benzene rings is 1. The van der Waals surface area contributed by atoms with Crippen molar-refractivity contribution in [3.05, 3.63) is 41.1 Å². The van der Waals surface area contributed by atoms with Crippen molar-refractivity contribution >= 4 is 29.1 Å². The van der Waals surface area contributed by atoms with Crippen LogP contribution in [0.15, 0.2) is 24.3 Å². The second kappa shape index (κ2) is 4.50. The van der Waals surface area contributed by atoms with Gasteiger partial charge in [0.1, 0.15) is 11.0 Å². The third-order valence-electron chi connectivity index (χ3n) is 1.90. The SMILES string of the molecule is Nc1nc(Cl)cc(Nc2ccc(F)c(F)c2)n1. The molecule has 1 heterocycles. The van der Waals surface area contributed by atoms with Crippen LogP contribution in [0.4, 0.5) is 26.2 Å². The van der Waals surface area contributed by atoms with Gasteiger partial charge in [0.25, 0.3) is 0 Å². The maximum atomic E-state index is 12.9. The smallest absolute Gasteiger partial charge is 0.223 e. The number of nitrogens with two attached hydrogens (primary N) is 1. The number of hydrogen-bond acceptors (Lipinski definition) is 4. The molecule has 3 N–H and O–H groups in total. The molecule has 0 amide bonds. The zero-order chi connectivity index (χ0) is 12.4.